The molecule has 0 saturated carbocycles. The number of rotatable bonds is 9. The SMILES string of the molecule is Cc1cc(N(CCO)CCO)ccc1N=Nc1nc2ccc(CS(=O)O)cc2s1. The first kappa shape index (κ1) is 21.5. The molecule has 1 aromatic heterocycles. The molecule has 0 fully saturated rings. The van der Waals surface area contributed by atoms with E-state index < -0.39 is 11.1 Å². The fourth-order valence-electron chi connectivity index (χ4n) is 2.89. The Bertz CT molecular complexity index is 1030. The number of aryl methyl sites for hydroxylation is 1. The number of aliphatic hydroxyl groups excluding tert-OH is 2. The number of anilines is 1. The topological polar surface area (TPSA) is 119 Å². The van der Waals surface area contributed by atoms with Gasteiger partial charge in [0.1, 0.15) is 0 Å². The van der Waals surface area contributed by atoms with E-state index in [-0.39, 0.29) is 19.0 Å². The lowest BCUT2D eigenvalue weighted by Gasteiger charge is -2.23. The van der Waals surface area contributed by atoms with Gasteiger partial charge in [-0.2, -0.15) is 0 Å². The smallest absolute Gasteiger partial charge is 0.231 e. The van der Waals surface area contributed by atoms with Crippen molar-refractivity contribution in [3.05, 3.63) is 47.5 Å². The molecule has 0 radical (unpaired) electrons. The molecule has 0 amide bonds. The first-order chi connectivity index (χ1) is 14.0. The van der Waals surface area contributed by atoms with Gasteiger partial charge in [0, 0.05) is 18.8 Å². The van der Waals surface area contributed by atoms with E-state index in [0.717, 1.165) is 27.0 Å². The highest BCUT2D eigenvalue weighted by molar-refractivity contribution is 7.78. The van der Waals surface area contributed by atoms with Crippen molar-refractivity contribution in [3.63, 3.8) is 0 Å². The van der Waals surface area contributed by atoms with Crippen LogP contribution in [0.2, 0.25) is 0 Å². The maximum Gasteiger partial charge on any atom is 0.231 e. The molecule has 0 aliphatic rings. The molecule has 0 aliphatic heterocycles. The number of hydrogen-bond donors (Lipinski definition) is 3. The van der Waals surface area contributed by atoms with E-state index >= 15 is 0 Å². The van der Waals surface area contributed by atoms with Crippen molar-refractivity contribution in [2.45, 2.75) is 12.7 Å². The van der Waals surface area contributed by atoms with Crippen LogP contribution >= 0.6 is 11.3 Å². The van der Waals surface area contributed by atoms with Gasteiger partial charge < -0.3 is 19.7 Å². The summed E-state index contributed by atoms with van der Waals surface area (Å²) in [7, 11) is 0. The summed E-state index contributed by atoms with van der Waals surface area (Å²) >= 11 is -0.512. The Morgan fingerprint density at radius 3 is 2.52 bits per heavy atom. The number of nitrogens with zero attached hydrogens (tertiary/aromatic N) is 4. The summed E-state index contributed by atoms with van der Waals surface area (Å²) in [6.07, 6.45) is 0. The Labute approximate surface area is 174 Å². The van der Waals surface area contributed by atoms with E-state index in [0.29, 0.717) is 23.9 Å². The van der Waals surface area contributed by atoms with Crippen molar-refractivity contribution in [1.29, 1.82) is 0 Å². The summed E-state index contributed by atoms with van der Waals surface area (Å²) in [5, 5.41) is 27.4. The molecular weight excluding hydrogens is 412 g/mol. The van der Waals surface area contributed by atoms with Crippen molar-refractivity contribution < 1.29 is 19.0 Å². The average Bonchev–Trinajstić information content (AvgIpc) is 3.08. The lowest BCUT2D eigenvalue weighted by Crippen LogP contribution is -2.29. The van der Waals surface area contributed by atoms with Gasteiger partial charge in [0.2, 0.25) is 5.13 Å². The molecule has 0 saturated heterocycles. The molecule has 1 unspecified atom stereocenters. The van der Waals surface area contributed by atoms with E-state index in [1.807, 2.05) is 42.2 Å². The number of benzene rings is 2. The summed E-state index contributed by atoms with van der Waals surface area (Å²) < 4.78 is 20.9. The predicted molar refractivity (Wildman–Crippen MR) is 116 cm³/mol. The van der Waals surface area contributed by atoms with Crippen LogP contribution in [-0.4, -0.2) is 50.3 Å². The van der Waals surface area contributed by atoms with Crippen molar-refractivity contribution in [3.8, 4) is 0 Å². The zero-order valence-electron chi connectivity index (χ0n) is 15.9. The molecule has 1 heterocycles. The summed E-state index contributed by atoms with van der Waals surface area (Å²) in [6, 6.07) is 11.1. The average molecular weight is 435 g/mol. The van der Waals surface area contributed by atoms with Crippen LogP contribution in [0.5, 0.6) is 0 Å². The fraction of sp³-hybridized carbons (Fsp3) is 0.316. The highest BCUT2D eigenvalue weighted by atomic mass is 32.2. The molecule has 29 heavy (non-hydrogen) atoms. The first-order valence-electron chi connectivity index (χ1n) is 8.96. The van der Waals surface area contributed by atoms with Gasteiger partial charge >= 0.3 is 0 Å². The van der Waals surface area contributed by atoms with Gasteiger partial charge in [0.25, 0.3) is 0 Å². The number of thiazole rings is 1. The summed E-state index contributed by atoms with van der Waals surface area (Å²) in [5.74, 6) is 0.0831. The first-order valence-corrected chi connectivity index (χ1v) is 11.1. The van der Waals surface area contributed by atoms with Gasteiger partial charge in [-0.1, -0.05) is 17.4 Å². The van der Waals surface area contributed by atoms with Crippen molar-refractivity contribution in [1.82, 2.24) is 4.98 Å². The van der Waals surface area contributed by atoms with E-state index in [2.05, 4.69) is 15.2 Å². The number of aromatic nitrogens is 1. The van der Waals surface area contributed by atoms with Crippen molar-refractivity contribution >= 4 is 49.1 Å². The Hall–Kier alpha value is -2.24. The lowest BCUT2D eigenvalue weighted by atomic mass is 10.1. The minimum atomic E-state index is -1.88. The number of hydrogen-bond acceptors (Lipinski definition) is 8. The van der Waals surface area contributed by atoms with Crippen LogP contribution in [0.3, 0.4) is 0 Å². The maximum atomic E-state index is 11.0. The molecule has 1 atom stereocenters. The quantitative estimate of drug-likeness (QED) is 0.350. The largest absolute Gasteiger partial charge is 0.395 e. The normalized spacial score (nSPS) is 12.7. The van der Waals surface area contributed by atoms with E-state index in [4.69, 9.17) is 4.55 Å². The van der Waals surface area contributed by atoms with Crippen LogP contribution in [0, 0.1) is 6.92 Å². The van der Waals surface area contributed by atoms with Gasteiger partial charge in [-0.05, 0) is 48.4 Å². The van der Waals surface area contributed by atoms with E-state index in [9.17, 15) is 14.4 Å². The van der Waals surface area contributed by atoms with Gasteiger partial charge in [0.15, 0.2) is 11.1 Å². The van der Waals surface area contributed by atoms with Gasteiger partial charge in [-0.25, -0.2) is 9.19 Å². The second kappa shape index (κ2) is 9.99. The molecule has 10 heteroatoms. The third-order valence-corrected chi connectivity index (χ3v) is 5.74. The predicted octanol–water partition coefficient (Wildman–Crippen LogP) is 3.53. The van der Waals surface area contributed by atoms with Gasteiger partial charge in [0.05, 0.1) is 34.9 Å². The Morgan fingerprint density at radius 2 is 1.86 bits per heavy atom. The summed E-state index contributed by atoms with van der Waals surface area (Å²) in [6.45, 7) is 2.83. The number of fused-ring (bicyclic) bond motifs is 1. The highest BCUT2D eigenvalue weighted by Gasteiger charge is 2.09. The Balaban J connectivity index is 1.79. The zero-order chi connectivity index (χ0) is 20.8. The molecular formula is C19H22N4O4S2. The molecule has 0 bridgehead atoms. The van der Waals surface area contributed by atoms with Gasteiger partial charge in [-0.15, -0.1) is 10.2 Å². The Kier molecular flexibility index (Phi) is 7.40. The number of aliphatic hydroxyl groups is 2. The molecule has 2 aromatic carbocycles. The summed E-state index contributed by atoms with van der Waals surface area (Å²) in [4.78, 5) is 6.33. The van der Waals surface area contributed by atoms with Crippen LogP contribution in [-0.2, 0) is 16.8 Å². The van der Waals surface area contributed by atoms with Crippen LogP contribution in [0.25, 0.3) is 10.2 Å². The maximum absolute atomic E-state index is 11.0. The zero-order valence-corrected chi connectivity index (χ0v) is 17.5. The standard InChI is InChI=1S/C19H22N4O4S2/c1-13-10-15(23(6-8-24)7-9-25)3-5-16(13)21-22-19-20-17-4-2-14(12-29(26)27)11-18(17)28-19/h2-5,10-11,24-25H,6-9,12H2,1H3,(H,26,27). The molecule has 154 valence electrons. The molecule has 0 spiro atoms. The second-order valence-corrected chi connectivity index (χ2v) is 8.31. The molecule has 3 rings (SSSR count). The van der Waals surface area contributed by atoms with E-state index in [1.165, 1.54) is 11.3 Å². The van der Waals surface area contributed by atoms with Gasteiger partial charge in [-0.3, -0.25) is 0 Å². The number of azo groups is 1. The van der Waals surface area contributed by atoms with E-state index in [1.54, 1.807) is 6.07 Å². The van der Waals surface area contributed by atoms with Crippen LogP contribution < -0.4 is 4.90 Å². The van der Waals surface area contributed by atoms with Crippen molar-refractivity contribution in [2.75, 3.05) is 31.2 Å². The highest BCUT2D eigenvalue weighted by Crippen LogP contribution is 2.31. The third-order valence-electron chi connectivity index (χ3n) is 4.26. The van der Waals surface area contributed by atoms with Crippen LogP contribution in [0.1, 0.15) is 11.1 Å². The Morgan fingerprint density at radius 1 is 1.10 bits per heavy atom. The fourth-order valence-corrected chi connectivity index (χ4v) is 4.20. The molecule has 8 nitrogen and oxygen atoms in total. The second-order valence-electron chi connectivity index (χ2n) is 6.37. The van der Waals surface area contributed by atoms with Crippen molar-refractivity contribution in [2.24, 2.45) is 10.2 Å². The third kappa shape index (κ3) is 5.64. The lowest BCUT2D eigenvalue weighted by molar-refractivity contribution is 0.281. The molecule has 3 N–H and O–H groups in total. The monoisotopic (exact) mass is 434 g/mol. The molecule has 0 aliphatic carbocycles. The molecule has 3 aromatic rings. The minimum Gasteiger partial charge on any atom is -0.395 e. The summed E-state index contributed by atoms with van der Waals surface area (Å²) in [5.41, 5.74) is 4.07. The van der Waals surface area contributed by atoms with Crippen LogP contribution in [0.15, 0.2) is 46.6 Å². The minimum absolute atomic E-state index is 0.00798. The van der Waals surface area contributed by atoms with Crippen LogP contribution in [0.4, 0.5) is 16.5 Å².